The Hall–Kier alpha value is -2.12. The normalized spacial score (nSPS) is 17.0. The number of carbonyl (C=O) groups excluding carboxylic acids is 2. The van der Waals surface area contributed by atoms with Gasteiger partial charge in [0.2, 0.25) is 5.91 Å². The number of nitrogens with two attached hydrogens (primary N) is 1. The molecule has 7 nitrogen and oxygen atoms in total. The third-order valence-corrected chi connectivity index (χ3v) is 5.38. The molecule has 1 heterocycles. The van der Waals surface area contributed by atoms with Gasteiger partial charge in [-0.15, -0.1) is 0 Å². The molecule has 1 unspecified atom stereocenters. The van der Waals surface area contributed by atoms with Crippen molar-refractivity contribution in [1.82, 2.24) is 10.2 Å². The minimum absolute atomic E-state index is 0.0142. The first-order valence-corrected chi connectivity index (χ1v) is 9.70. The number of nitrogens with one attached hydrogen (secondary N) is 2. The fraction of sp³-hybridized carbons (Fsp3) is 0.600. The molecule has 1 aromatic carbocycles. The lowest BCUT2D eigenvalue weighted by Crippen LogP contribution is -2.49. The van der Waals surface area contributed by atoms with Crippen molar-refractivity contribution >= 4 is 17.6 Å². The first-order chi connectivity index (χ1) is 13.0. The summed E-state index contributed by atoms with van der Waals surface area (Å²) in [5.74, 6) is -0.0142. The molecule has 0 saturated carbocycles. The molecule has 1 aromatic rings. The van der Waals surface area contributed by atoms with Crippen molar-refractivity contribution in [3.05, 3.63) is 29.8 Å². The summed E-state index contributed by atoms with van der Waals surface area (Å²) in [4.78, 5) is 26.6. The summed E-state index contributed by atoms with van der Waals surface area (Å²) in [6.07, 6.45) is 1.30. The number of amides is 3. The van der Waals surface area contributed by atoms with E-state index in [-0.39, 0.29) is 18.0 Å². The van der Waals surface area contributed by atoms with Crippen molar-refractivity contribution in [2.24, 2.45) is 11.1 Å². The fourth-order valence-electron chi connectivity index (χ4n) is 3.29. The molecule has 0 radical (unpaired) electrons. The van der Waals surface area contributed by atoms with E-state index in [4.69, 9.17) is 10.5 Å². The van der Waals surface area contributed by atoms with Crippen LogP contribution in [0.25, 0.3) is 0 Å². The predicted molar refractivity (Wildman–Crippen MR) is 106 cm³/mol. The molecule has 1 saturated heterocycles. The summed E-state index contributed by atoms with van der Waals surface area (Å²) in [7, 11) is 0. The Morgan fingerprint density at radius 3 is 2.30 bits per heavy atom. The van der Waals surface area contributed by atoms with E-state index in [0.29, 0.717) is 45.7 Å². The smallest absolute Gasteiger partial charge is 0.321 e. The average molecular weight is 377 g/mol. The van der Waals surface area contributed by atoms with Crippen molar-refractivity contribution in [2.45, 2.75) is 39.7 Å². The summed E-state index contributed by atoms with van der Waals surface area (Å²) < 4.78 is 5.37. The van der Waals surface area contributed by atoms with Gasteiger partial charge in [0.05, 0.1) is 11.5 Å². The van der Waals surface area contributed by atoms with Crippen molar-refractivity contribution < 1.29 is 14.3 Å². The first kappa shape index (κ1) is 21.2. The van der Waals surface area contributed by atoms with Gasteiger partial charge in [-0.25, -0.2) is 4.79 Å². The molecule has 1 aliphatic rings. The summed E-state index contributed by atoms with van der Waals surface area (Å²) in [5.41, 5.74) is 7.08. The molecule has 0 aromatic heterocycles. The first-order valence-electron chi connectivity index (χ1n) is 9.70. The summed E-state index contributed by atoms with van der Waals surface area (Å²) in [6, 6.07) is 7.29. The molecule has 2 rings (SSSR count). The third kappa shape index (κ3) is 5.20. The Kier molecular flexibility index (Phi) is 7.62. The van der Waals surface area contributed by atoms with Gasteiger partial charge in [-0.3, -0.25) is 4.79 Å². The molecule has 150 valence electrons. The van der Waals surface area contributed by atoms with E-state index in [2.05, 4.69) is 10.6 Å². The van der Waals surface area contributed by atoms with Crippen LogP contribution >= 0.6 is 0 Å². The standard InChI is InChI=1S/C20H32N4O3/c1-4-24(5-2)19(26)23-17-8-6-16(7-9-17)15(3)22-18(25)20(14-21)10-12-27-13-11-20/h6-9,15H,4-5,10-14,21H2,1-3H3,(H,22,25)(H,23,26). The van der Waals surface area contributed by atoms with Crippen LogP contribution in [0, 0.1) is 5.41 Å². The van der Waals surface area contributed by atoms with E-state index in [1.54, 1.807) is 4.90 Å². The van der Waals surface area contributed by atoms with E-state index in [1.165, 1.54) is 0 Å². The second-order valence-electron chi connectivity index (χ2n) is 7.02. The maximum Gasteiger partial charge on any atom is 0.321 e. The number of ether oxygens (including phenoxy) is 1. The SMILES string of the molecule is CCN(CC)C(=O)Nc1ccc(C(C)NC(=O)C2(CN)CCOCC2)cc1. The topological polar surface area (TPSA) is 96.7 Å². The number of hydrogen-bond donors (Lipinski definition) is 3. The van der Waals surface area contributed by atoms with E-state index < -0.39 is 5.41 Å². The second kappa shape index (κ2) is 9.71. The van der Waals surface area contributed by atoms with Crippen molar-refractivity contribution in [2.75, 3.05) is 38.2 Å². The summed E-state index contributed by atoms with van der Waals surface area (Å²) in [5, 5.41) is 5.97. The second-order valence-corrected chi connectivity index (χ2v) is 7.02. The molecule has 1 aliphatic heterocycles. The van der Waals surface area contributed by atoms with Crippen LogP contribution in [-0.2, 0) is 9.53 Å². The molecular weight excluding hydrogens is 344 g/mol. The quantitative estimate of drug-likeness (QED) is 0.681. The molecule has 0 spiro atoms. The Bertz CT molecular complexity index is 623. The van der Waals surface area contributed by atoms with E-state index in [0.717, 1.165) is 11.3 Å². The molecule has 27 heavy (non-hydrogen) atoms. The van der Waals surface area contributed by atoms with E-state index >= 15 is 0 Å². The van der Waals surface area contributed by atoms with Crippen LogP contribution in [0.3, 0.4) is 0 Å². The van der Waals surface area contributed by atoms with Gasteiger partial charge in [0.25, 0.3) is 0 Å². The molecular formula is C20H32N4O3. The van der Waals surface area contributed by atoms with Crippen LogP contribution in [0.1, 0.15) is 45.2 Å². The maximum atomic E-state index is 12.8. The Balaban J connectivity index is 1.97. The van der Waals surface area contributed by atoms with E-state index in [1.807, 2.05) is 45.0 Å². The van der Waals surface area contributed by atoms with Crippen LogP contribution < -0.4 is 16.4 Å². The van der Waals surface area contributed by atoms with Gasteiger partial charge in [-0.05, 0) is 51.3 Å². The molecule has 0 aliphatic carbocycles. The maximum absolute atomic E-state index is 12.8. The number of benzene rings is 1. The fourth-order valence-corrected chi connectivity index (χ4v) is 3.29. The Labute approximate surface area is 161 Å². The highest BCUT2D eigenvalue weighted by atomic mass is 16.5. The number of rotatable bonds is 7. The average Bonchev–Trinajstić information content (AvgIpc) is 2.69. The van der Waals surface area contributed by atoms with Crippen molar-refractivity contribution in [3.8, 4) is 0 Å². The van der Waals surface area contributed by atoms with Crippen LogP contribution in [0.2, 0.25) is 0 Å². The molecule has 0 bridgehead atoms. The zero-order valence-corrected chi connectivity index (χ0v) is 16.6. The van der Waals surface area contributed by atoms with E-state index in [9.17, 15) is 9.59 Å². The number of hydrogen-bond acceptors (Lipinski definition) is 4. The lowest BCUT2D eigenvalue weighted by atomic mass is 9.79. The molecule has 4 N–H and O–H groups in total. The summed E-state index contributed by atoms with van der Waals surface area (Å²) >= 11 is 0. The monoisotopic (exact) mass is 376 g/mol. The van der Waals surface area contributed by atoms with Crippen molar-refractivity contribution in [1.29, 1.82) is 0 Å². The molecule has 1 atom stereocenters. The number of nitrogens with zero attached hydrogens (tertiary/aromatic N) is 1. The highest BCUT2D eigenvalue weighted by molar-refractivity contribution is 5.89. The zero-order chi connectivity index (χ0) is 19.9. The third-order valence-electron chi connectivity index (χ3n) is 5.38. The zero-order valence-electron chi connectivity index (χ0n) is 16.6. The van der Waals surface area contributed by atoms with Gasteiger partial charge < -0.3 is 26.0 Å². The van der Waals surface area contributed by atoms with Gasteiger partial charge in [0, 0.05) is 38.5 Å². The lowest BCUT2D eigenvalue weighted by Gasteiger charge is -2.35. The summed E-state index contributed by atoms with van der Waals surface area (Å²) in [6.45, 7) is 8.64. The van der Waals surface area contributed by atoms with Crippen LogP contribution in [-0.4, -0.2) is 49.7 Å². The van der Waals surface area contributed by atoms with Crippen molar-refractivity contribution in [3.63, 3.8) is 0 Å². The van der Waals surface area contributed by atoms with Gasteiger partial charge in [-0.2, -0.15) is 0 Å². The number of urea groups is 1. The molecule has 1 fully saturated rings. The highest BCUT2D eigenvalue weighted by Gasteiger charge is 2.39. The molecule has 7 heteroatoms. The minimum atomic E-state index is -0.538. The van der Waals surface area contributed by atoms with Crippen LogP contribution in [0.5, 0.6) is 0 Å². The molecule has 3 amide bonds. The Morgan fingerprint density at radius 2 is 1.78 bits per heavy atom. The lowest BCUT2D eigenvalue weighted by molar-refractivity contribution is -0.136. The highest BCUT2D eigenvalue weighted by Crippen LogP contribution is 2.30. The minimum Gasteiger partial charge on any atom is -0.381 e. The number of carbonyl (C=O) groups is 2. The van der Waals surface area contributed by atoms with Gasteiger partial charge in [0.1, 0.15) is 0 Å². The Morgan fingerprint density at radius 1 is 1.19 bits per heavy atom. The number of anilines is 1. The van der Waals surface area contributed by atoms with Crippen LogP contribution in [0.4, 0.5) is 10.5 Å². The van der Waals surface area contributed by atoms with Gasteiger partial charge in [0.15, 0.2) is 0 Å². The van der Waals surface area contributed by atoms with Gasteiger partial charge >= 0.3 is 6.03 Å². The van der Waals surface area contributed by atoms with Crippen LogP contribution in [0.15, 0.2) is 24.3 Å². The van der Waals surface area contributed by atoms with Gasteiger partial charge in [-0.1, -0.05) is 12.1 Å². The largest absolute Gasteiger partial charge is 0.381 e. The predicted octanol–water partition coefficient (Wildman–Crippen LogP) is 2.49.